The van der Waals surface area contributed by atoms with E-state index < -0.39 is 9.84 Å². The summed E-state index contributed by atoms with van der Waals surface area (Å²) < 4.78 is 24.3. The summed E-state index contributed by atoms with van der Waals surface area (Å²) in [7, 11) is -3.90. The van der Waals surface area contributed by atoms with Crippen molar-refractivity contribution in [3.05, 3.63) is 97.1 Å². The van der Waals surface area contributed by atoms with Crippen molar-refractivity contribution in [2.75, 3.05) is 0 Å². The van der Waals surface area contributed by atoms with E-state index in [2.05, 4.69) is 0 Å². The molecule has 0 spiro atoms. The fraction of sp³-hybridized carbons (Fsp3) is 0. The smallest absolute Gasteiger partial charge is 0.213 e. The Morgan fingerprint density at radius 3 is 1.19 bits per heavy atom. The van der Waals surface area contributed by atoms with E-state index in [1.807, 2.05) is 24.3 Å². The number of aromatic hydroxyl groups is 4. The molecule has 4 aromatic rings. The molecule has 32 heavy (non-hydrogen) atoms. The number of phenolic OH excluding ortho intramolecular Hbond substituents is 4. The number of hydrogen-bond acceptors (Lipinski definition) is 7. The normalized spacial score (nSPS) is 10.8. The van der Waals surface area contributed by atoms with Crippen molar-refractivity contribution in [1.82, 2.24) is 0 Å². The van der Waals surface area contributed by atoms with E-state index in [0.29, 0.717) is 0 Å². The van der Waals surface area contributed by atoms with E-state index in [9.17, 15) is 18.6 Å². The second-order valence-corrected chi connectivity index (χ2v) is 9.56. The van der Waals surface area contributed by atoms with Crippen LogP contribution in [-0.4, -0.2) is 28.8 Å². The molecule has 0 unspecified atom stereocenters. The van der Waals surface area contributed by atoms with E-state index >= 15 is 0 Å². The van der Waals surface area contributed by atoms with Crippen LogP contribution in [0.1, 0.15) is 0 Å². The molecule has 0 aliphatic rings. The summed E-state index contributed by atoms with van der Waals surface area (Å²) in [5, 5.41) is 37.3. The molecule has 0 aliphatic heterocycles. The van der Waals surface area contributed by atoms with Crippen LogP contribution in [0.4, 0.5) is 0 Å². The Labute approximate surface area is 190 Å². The second-order valence-electron chi connectivity index (χ2n) is 6.53. The highest BCUT2D eigenvalue weighted by atomic mass is 32.2. The molecule has 0 fully saturated rings. The van der Waals surface area contributed by atoms with Crippen molar-refractivity contribution >= 4 is 21.6 Å². The van der Waals surface area contributed by atoms with Gasteiger partial charge in [0.1, 0.15) is 32.8 Å². The molecule has 0 aromatic heterocycles. The Kier molecular flexibility index (Phi) is 7.29. The molecule has 6 nitrogen and oxygen atoms in total. The first-order chi connectivity index (χ1) is 15.3. The van der Waals surface area contributed by atoms with Gasteiger partial charge in [-0.3, -0.25) is 0 Å². The summed E-state index contributed by atoms with van der Waals surface area (Å²) in [6, 6.07) is 25.3. The molecule has 0 radical (unpaired) electrons. The van der Waals surface area contributed by atoms with Crippen LogP contribution in [0.5, 0.6) is 23.0 Å². The molecular formula is C24H20O6S2. The number of para-hydroxylation sites is 2. The number of rotatable bonds is 4. The zero-order valence-corrected chi connectivity index (χ0v) is 18.3. The van der Waals surface area contributed by atoms with Gasteiger partial charge in [0, 0.05) is 9.79 Å². The van der Waals surface area contributed by atoms with Gasteiger partial charge in [-0.1, -0.05) is 36.0 Å². The zero-order valence-electron chi connectivity index (χ0n) is 16.7. The van der Waals surface area contributed by atoms with Crippen molar-refractivity contribution in [2.24, 2.45) is 0 Å². The van der Waals surface area contributed by atoms with Gasteiger partial charge in [-0.05, 0) is 72.8 Å². The van der Waals surface area contributed by atoms with E-state index in [1.165, 1.54) is 48.5 Å². The minimum Gasteiger partial charge on any atom is -0.508 e. The number of hydrogen-bond donors (Lipinski definition) is 4. The van der Waals surface area contributed by atoms with E-state index in [-0.39, 0.29) is 32.8 Å². The molecule has 8 heteroatoms. The Hall–Kier alpha value is -3.62. The minimum absolute atomic E-state index is 0.221. The lowest BCUT2D eigenvalue weighted by atomic mass is 10.3. The Morgan fingerprint density at radius 1 is 0.500 bits per heavy atom. The molecule has 0 heterocycles. The first kappa shape index (κ1) is 23.1. The van der Waals surface area contributed by atoms with E-state index in [4.69, 9.17) is 10.2 Å². The maximum atomic E-state index is 12.2. The molecule has 0 saturated carbocycles. The van der Waals surface area contributed by atoms with Crippen LogP contribution in [0.15, 0.2) is 117 Å². The lowest BCUT2D eigenvalue weighted by Gasteiger charge is -2.07. The first-order valence-electron chi connectivity index (χ1n) is 9.34. The molecule has 0 saturated heterocycles. The van der Waals surface area contributed by atoms with Gasteiger partial charge in [0.25, 0.3) is 0 Å². The lowest BCUT2D eigenvalue weighted by molar-refractivity contribution is 0.453. The number of sulfone groups is 1. The van der Waals surface area contributed by atoms with Gasteiger partial charge in [-0.2, -0.15) is 0 Å². The monoisotopic (exact) mass is 468 g/mol. The maximum absolute atomic E-state index is 12.2. The Bertz CT molecular complexity index is 1190. The maximum Gasteiger partial charge on any atom is 0.213 e. The van der Waals surface area contributed by atoms with E-state index in [1.54, 1.807) is 36.0 Å². The lowest BCUT2D eigenvalue weighted by Crippen LogP contribution is -2.02. The highest BCUT2D eigenvalue weighted by Gasteiger charge is 2.23. The molecule has 0 bridgehead atoms. The molecule has 0 atom stereocenters. The topological polar surface area (TPSA) is 115 Å². The van der Waals surface area contributed by atoms with Crippen molar-refractivity contribution in [2.45, 2.75) is 19.6 Å². The Balaban J connectivity index is 0.000000182. The van der Waals surface area contributed by atoms with Gasteiger partial charge in [0.05, 0.1) is 0 Å². The molecule has 0 aliphatic carbocycles. The van der Waals surface area contributed by atoms with Crippen LogP contribution in [0.2, 0.25) is 0 Å². The third-order valence-corrected chi connectivity index (χ3v) is 7.08. The summed E-state index contributed by atoms with van der Waals surface area (Å²) in [4.78, 5) is 1.67. The van der Waals surface area contributed by atoms with Gasteiger partial charge < -0.3 is 20.4 Å². The molecular weight excluding hydrogens is 448 g/mol. The van der Waals surface area contributed by atoms with Gasteiger partial charge in [-0.15, -0.1) is 0 Å². The zero-order chi connectivity index (χ0) is 23.1. The third-order valence-electron chi connectivity index (χ3n) is 4.22. The SMILES string of the molecule is O=S(=O)(c1ccccc1O)c1ccccc1O.Oc1ccc(Sc2ccc(O)cc2)cc1. The first-order valence-corrected chi connectivity index (χ1v) is 11.6. The average molecular weight is 469 g/mol. The molecule has 4 aromatic carbocycles. The largest absolute Gasteiger partial charge is 0.508 e. The van der Waals surface area contributed by atoms with Crippen LogP contribution < -0.4 is 0 Å². The van der Waals surface area contributed by atoms with Gasteiger partial charge in [0.15, 0.2) is 0 Å². The third kappa shape index (κ3) is 5.75. The summed E-state index contributed by atoms with van der Waals surface area (Å²) in [6.45, 7) is 0. The molecule has 164 valence electrons. The van der Waals surface area contributed by atoms with Gasteiger partial charge in [-0.25, -0.2) is 8.42 Å². The molecule has 4 rings (SSSR count). The van der Waals surface area contributed by atoms with Crippen molar-refractivity contribution in [3.8, 4) is 23.0 Å². The predicted octanol–water partition coefficient (Wildman–Crippen LogP) is 5.18. The highest BCUT2D eigenvalue weighted by Crippen LogP contribution is 2.32. The van der Waals surface area contributed by atoms with Crippen molar-refractivity contribution < 1.29 is 28.8 Å². The fourth-order valence-corrected chi connectivity index (χ4v) is 4.91. The summed E-state index contributed by atoms with van der Waals surface area (Å²) in [5.41, 5.74) is 0. The van der Waals surface area contributed by atoms with Crippen molar-refractivity contribution in [1.29, 1.82) is 0 Å². The summed E-state index contributed by atoms with van der Waals surface area (Å²) in [6.07, 6.45) is 0. The van der Waals surface area contributed by atoms with Gasteiger partial charge in [0.2, 0.25) is 9.84 Å². The molecule has 0 amide bonds. The Morgan fingerprint density at radius 2 is 0.844 bits per heavy atom. The standard InChI is InChI=1S/C12H10O4S.C12H10O2S/c13-9-5-1-3-7-11(9)17(15,16)12-8-4-2-6-10(12)14;13-9-1-5-11(6-2-9)15-12-7-3-10(14)4-8-12/h1-8,13-14H;1-8,13-14H. The van der Waals surface area contributed by atoms with Crippen LogP contribution in [0, 0.1) is 0 Å². The van der Waals surface area contributed by atoms with Crippen LogP contribution >= 0.6 is 11.8 Å². The van der Waals surface area contributed by atoms with Crippen LogP contribution in [0.25, 0.3) is 0 Å². The summed E-state index contributed by atoms with van der Waals surface area (Å²) in [5.74, 6) is -0.137. The quantitative estimate of drug-likeness (QED) is 0.326. The minimum atomic E-state index is -3.90. The predicted molar refractivity (Wildman–Crippen MR) is 122 cm³/mol. The van der Waals surface area contributed by atoms with Crippen molar-refractivity contribution in [3.63, 3.8) is 0 Å². The highest BCUT2D eigenvalue weighted by molar-refractivity contribution is 7.99. The number of benzene rings is 4. The molecule has 4 N–H and O–H groups in total. The van der Waals surface area contributed by atoms with E-state index in [0.717, 1.165) is 9.79 Å². The summed E-state index contributed by atoms with van der Waals surface area (Å²) >= 11 is 1.58. The van der Waals surface area contributed by atoms with Gasteiger partial charge >= 0.3 is 0 Å². The second kappa shape index (κ2) is 10.1. The average Bonchev–Trinajstić information content (AvgIpc) is 2.78. The fourth-order valence-electron chi connectivity index (χ4n) is 2.65. The van der Waals surface area contributed by atoms with Crippen LogP contribution in [-0.2, 0) is 9.84 Å². The van der Waals surface area contributed by atoms with Crippen LogP contribution in [0.3, 0.4) is 0 Å². The number of phenols is 4.